The van der Waals surface area contributed by atoms with E-state index in [1.807, 2.05) is 0 Å². The maximum absolute atomic E-state index is 12.2. The maximum atomic E-state index is 12.2. The number of non-ortho nitro benzene ring substituents is 1. The fourth-order valence-electron chi connectivity index (χ4n) is 2.80. The van der Waals surface area contributed by atoms with Gasteiger partial charge in [-0.25, -0.2) is 4.79 Å². The summed E-state index contributed by atoms with van der Waals surface area (Å²) in [6.45, 7) is 0.0949. The number of carbonyl (C=O) groups excluding carboxylic acids is 3. The molecule has 0 radical (unpaired) electrons. The van der Waals surface area contributed by atoms with Crippen molar-refractivity contribution in [2.24, 2.45) is 0 Å². The summed E-state index contributed by atoms with van der Waals surface area (Å²) in [5, 5.41) is 13.1. The number of nitrogens with zero attached hydrogens (tertiary/aromatic N) is 2. The first-order valence-corrected chi connectivity index (χ1v) is 8.56. The third kappa shape index (κ3) is 4.50. The van der Waals surface area contributed by atoms with Crippen LogP contribution in [0.4, 0.5) is 17.1 Å². The molecule has 1 N–H and O–H groups in total. The van der Waals surface area contributed by atoms with Crippen molar-refractivity contribution >= 4 is 34.8 Å². The standard InChI is InChI=1S/C19H17N3O6/c23-17(20-14-6-8-15(9-7-14)22(26)27)12-28-19(25)13-3-1-4-16(11-13)21-10-2-5-18(21)24/h1,3-4,6-9,11H,2,5,10,12H2,(H,20,23). The van der Waals surface area contributed by atoms with E-state index in [1.54, 1.807) is 29.2 Å². The van der Waals surface area contributed by atoms with Crippen LogP contribution < -0.4 is 10.2 Å². The number of ether oxygens (including phenoxy) is 1. The van der Waals surface area contributed by atoms with E-state index in [0.29, 0.717) is 24.3 Å². The van der Waals surface area contributed by atoms with Crippen molar-refractivity contribution in [1.82, 2.24) is 0 Å². The predicted molar refractivity (Wildman–Crippen MR) is 100 cm³/mol. The Morgan fingerprint density at radius 2 is 1.93 bits per heavy atom. The average Bonchev–Trinajstić information content (AvgIpc) is 3.12. The predicted octanol–water partition coefficient (Wildman–Crippen LogP) is 2.52. The van der Waals surface area contributed by atoms with E-state index >= 15 is 0 Å². The van der Waals surface area contributed by atoms with Crippen LogP contribution in [0.3, 0.4) is 0 Å². The Morgan fingerprint density at radius 1 is 1.18 bits per heavy atom. The largest absolute Gasteiger partial charge is 0.452 e. The topological polar surface area (TPSA) is 119 Å². The molecule has 9 nitrogen and oxygen atoms in total. The lowest BCUT2D eigenvalue weighted by atomic mass is 10.2. The van der Waals surface area contributed by atoms with Crippen molar-refractivity contribution in [3.8, 4) is 0 Å². The molecule has 1 fully saturated rings. The van der Waals surface area contributed by atoms with Gasteiger partial charge in [0.05, 0.1) is 10.5 Å². The third-order valence-electron chi connectivity index (χ3n) is 4.16. The van der Waals surface area contributed by atoms with Gasteiger partial charge in [0.2, 0.25) is 5.91 Å². The second kappa shape index (κ2) is 8.30. The van der Waals surface area contributed by atoms with Gasteiger partial charge in [0, 0.05) is 36.5 Å². The number of nitrogens with one attached hydrogen (secondary N) is 1. The molecule has 0 saturated carbocycles. The molecule has 2 amide bonds. The Hall–Kier alpha value is -3.75. The lowest BCUT2D eigenvalue weighted by Gasteiger charge is -2.16. The van der Waals surface area contributed by atoms with Crippen LogP contribution in [-0.4, -0.2) is 35.9 Å². The van der Waals surface area contributed by atoms with Crippen LogP contribution in [0, 0.1) is 10.1 Å². The highest BCUT2D eigenvalue weighted by Gasteiger charge is 2.22. The fourth-order valence-corrected chi connectivity index (χ4v) is 2.80. The Morgan fingerprint density at radius 3 is 2.57 bits per heavy atom. The second-order valence-electron chi connectivity index (χ2n) is 6.13. The molecule has 9 heteroatoms. The van der Waals surface area contributed by atoms with Crippen molar-refractivity contribution in [2.75, 3.05) is 23.4 Å². The number of nitro groups is 1. The average molecular weight is 383 g/mol. The molecule has 0 unspecified atom stereocenters. The van der Waals surface area contributed by atoms with Gasteiger partial charge >= 0.3 is 5.97 Å². The van der Waals surface area contributed by atoms with Crippen LogP contribution >= 0.6 is 0 Å². The number of nitro benzene ring substituents is 1. The number of benzene rings is 2. The molecule has 0 spiro atoms. The summed E-state index contributed by atoms with van der Waals surface area (Å²) in [7, 11) is 0. The molecule has 0 aromatic heterocycles. The van der Waals surface area contributed by atoms with Crippen LogP contribution in [0.2, 0.25) is 0 Å². The zero-order valence-corrected chi connectivity index (χ0v) is 14.8. The SMILES string of the molecule is O=C(COC(=O)c1cccc(N2CCCC2=O)c1)Nc1ccc([N+](=O)[O-])cc1. The minimum absolute atomic E-state index is 0.00740. The summed E-state index contributed by atoms with van der Waals surface area (Å²) in [6, 6.07) is 11.8. The Labute approximate surface area is 160 Å². The molecule has 2 aromatic rings. The molecule has 3 rings (SSSR count). The molecule has 1 saturated heterocycles. The molecule has 28 heavy (non-hydrogen) atoms. The highest BCUT2D eigenvalue weighted by molar-refractivity contribution is 5.98. The minimum Gasteiger partial charge on any atom is -0.452 e. The lowest BCUT2D eigenvalue weighted by molar-refractivity contribution is -0.384. The first-order chi connectivity index (χ1) is 13.4. The molecular formula is C19H17N3O6. The number of amides is 2. The second-order valence-corrected chi connectivity index (χ2v) is 6.13. The number of carbonyl (C=O) groups is 3. The van der Waals surface area contributed by atoms with Crippen LogP contribution in [0.1, 0.15) is 23.2 Å². The number of hydrogen-bond donors (Lipinski definition) is 1. The molecule has 144 valence electrons. The van der Waals surface area contributed by atoms with Gasteiger partial charge in [0.25, 0.3) is 11.6 Å². The summed E-state index contributed by atoms with van der Waals surface area (Å²) in [5.41, 5.74) is 1.11. The van der Waals surface area contributed by atoms with E-state index in [2.05, 4.69) is 5.32 Å². The van der Waals surface area contributed by atoms with E-state index < -0.39 is 23.4 Å². The van der Waals surface area contributed by atoms with Gasteiger partial charge in [-0.1, -0.05) is 6.07 Å². The smallest absolute Gasteiger partial charge is 0.338 e. The Balaban J connectivity index is 1.55. The minimum atomic E-state index is -0.688. The highest BCUT2D eigenvalue weighted by Crippen LogP contribution is 2.22. The Kier molecular flexibility index (Phi) is 5.64. The molecule has 1 aliphatic rings. The summed E-state index contributed by atoms with van der Waals surface area (Å²) in [4.78, 5) is 47.6. The molecular weight excluding hydrogens is 366 g/mol. The van der Waals surface area contributed by atoms with E-state index in [0.717, 1.165) is 6.42 Å². The number of anilines is 2. The van der Waals surface area contributed by atoms with Crippen LogP contribution in [-0.2, 0) is 14.3 Å². The van der Waals surface area contributed by atoms with Crippen LogP contribution in [0.15, 0.2) is 48.5 Å². The molecule has 0 atom stereocenters. The maximum Gasteiger partial charge on any atom is 0.338 e. The van der Waals surface area contributed by atoms with Crippen molar-refractivity contribution in [2.45, 2.75) is 12.8 Å². The van der Waals surface area contributed by atoms with Gasteiger partial charge in [0.15, 0.2) is 6.61 Å². The quantitative estimate of drug-likeness (QED) is 0.465. The van der Waals surface area contributed by atoms with Gasteiger partial charge in [0.1, 0.15) is 0 Å². The fraction of sp³-hybridized carbons (Fsp3) is 0.211. The normalized spacial score (nSPS) is 13.3. The lowest BCUT2D eigenvalue weighted by Crippen LogP contribution is -2.24. The summed E-state index contributed by atoms with van der Waals surface area (Å²) in [6.07, 6.45) is 1.26. The van der Waals surface area contributed by atoms with Gasteiger partial charge in [-0.15, -0.1) is 0 Å². The van der Waals surface area contributed by atoms with Crippen molar-refractivity contribution in [1.29, 1.82) is 0 Å². The summed E-state index contributed by atoms with van der Waals surface area (Å²) in [5.74, 6) is -1.26. The van der Waals surface area contributed by atoms with Crippen LogP contribution in [0.25, 0.3) is 0 Å². The first kappa shape index (κ1) is 19.0. The van der Waals surface area contributed by atoms with Crippen molar-refractivity contribution < 1.29 is 24.0 Å². The molecule has 0 bridgehead atoms. The van der Waals surface area contributed by atoms with Gasteiger partial charge in [-0.2, -0.15) is 0 Å². The monoisotopic (exact) mass is 383 g/mol. The van der Waals surface area contributed by atoms with Gasteiger partial charge in [-0.05, 0) is 36.8 Å². The van der Waals surface area contributed by atoms with Gasteiger partial charge in [-0.3, -0.25) is 19.7 Å². The van der Waals surface area contributed by atoms with Crippen molar-refractivity contribution in [3.05, 3.63) is 64.2 Å². The van der Waals surface area contributed by atoms with E-state index in [4.69, 9.17) is 4.74 Å². The molecule has 1 heterocycles. The number of hydrogen-bond acceptors (Lipinski definition) is 6. The van der Waals surface area contributed by atoms with E-state index in [1.165, 1.54) is 24.3 Å². The molecule has 2 aromatic carbocycles. The van der Waals surface area contributed by atoms with Crippen molar-refractivity contribution in [3.63, 3.8) is 0 Å². The molecule has 1 aliphatic heterocycles. The number of rotatable bonds is 6. The summed E-state index contributed by atoms with van der Waals surface area (Å²) >= 11 is 0. The molecule has 0 aliphatic carbocycles. The Bertz CT molecular complexity index is 926. The first-order valence-electron chi connectivity index (χ1n) is 8.56. The summed E-state index contributed by atoms with van der Waals surface area (Å²) < 4.78 is 5.01. The van der Waals surface area contributed by atoms with Crippen LogP contribution in [0.5, 0.6) is 0 Å². The zero-order valence-electron chi connectivity index (χ0n) is 14.8. The van der Waals surface area contributed by atoms with E-state index in [-0.39, 0.29) is 17.2 Å². The zero-order chi connectivity index (χ0) is 20.1. The number of esters is 1. The van der Waals surface area contributed by atoms with E-state index in [9.17, 15) is 24.5 Å². The highest BCUT2D eigenvalue weighted by atomic mass is 16.6. The van der Waals surface area contributed by atoms with Gasteiger partial charge < -0.3 is 15.0 Å². The third-order valence-corrected chi connectivity index (χ3v) is 4.16.